The predicted molar refractivity (Wildman–Crippen MR) is 154 cm³/mol. The largest absolute Gasteiger partial charge is 0.394 e. The van der Waals surface area contributed by atoms with Gasteiger partial charge in [-0.15, -0.1) is 0 Å². The average molecular weight is 671 g/mol. The van der Waals surface area contributed by atoms with Crippen LogP contribution in [0.3, 0.4) is 0 Å². The number of aliphatic imine (C=N–C) groups is 1. The van der Waals surface area contributed by atoms with Crippen molar-refractivity contribution in [2.45, 2.75) is 58.0 Å². The monoisotopic (exact) mass is 670 g/mol. The molecule has 0 bridgehead atoms. The number of imidazole rings is 1. The van der Waals surface area contributed by atoms with E-state index in [1.54, 1.807) is 6.92 Å². The van der Waals surface area contributed by atoms with E-state index in [1.807, 2.05) is 0 Å². The Morgan fingerprint density at radius 2 is 1.67 bits per heavy atom. The van der Waals surface area contributed by atoms with Crippen molar-refractivity contribution >= 4 is 23.5 Å². The van der Waals surface area contributed by atoms with Crippen molar-refractivity contribution in [1.82, 2.24) is 29.2 Å². The zero-order valence-electron chi connectivity index (χ0n) is 24.4. The molecule has 244 valence electrons. The molecule has 0 fully saturated rings. The van der Waals surface area contributed by atoms with Crippen molar-refractivity contribution in [2.75, 3.05) is 0 Å². The second-order valence-electron chi connectivity index (χ2n) is 11.3. The van der Waals surface area contributed by atoms with Crippen LogP contribution in [0.5, 0.6) is 0 Å². The molecule has 46 heavy (non-hydrogen) atoms. The smallest absolute Gasteiger partial charge is 0.369 e. The maximum absolute atomic E-state index is 14.3. The minimum Gasteiger partial charge on any atom is -0.369 e. The van der Waals surface area contributed by atoms with Gasteiger partial charge < -0.3 is 5.73 Å². The molecule has 2 N–H and O–H groups in total. The van der Waals surface area contributed by atoms with E-state index < -0.39 is 48.6 Å². The lowest BCUT2D eigenvalue weighted by Gasteiger charge is -2.36. The molecule has 0 aliphatic carbocycles. The number of nitrogens with two attached hydrogens (primary N) is 1. The van der Waals surface area contributed by atoms with Gasteiger partial charge in [0.1, 0.15) is 6.33 Å². The lowest BCUT2D eigenvalue weighted by atomic mass is 9.74. The van der Waals surface area contributed by atoms with Gasteiger partial charge >= 0.3 is 19.3 Å². The second kappa shape index (κ2) is 11.7. The van der Waals surface area contributed by atoms with E-state index in [0.717, 1.165) is 37.6 Å². The molecule has 2 aromatic carbocycles. The zero-order chi connectivity index (χ0) is 33.8. The van der Waals surface area contributed by atoms with Crippen LogP contribution in [-0.4, -0.2) is 47.3 Å². The quantitative estimate of drug-likeness (QED) is 0.188. The fraction of sp³-hybridized carbons (Fsp3) is 0.345. The standard InChI is InChI=1S/C29H26ClF7N8O/c1-15(17-6-9-20(30)19(10-17)22-39-13-41-45(22)25(33)34)44-23(46)28(42-26(44)38,12-27(2,3)29(35,36)37)18-7-4-16(5-8-18)21-11-43(14-40-21)24(31)32/h4-11,13-15,24-25H,12H2,1-3H3,(H2,38,42)/t15-,28+/m0/s1. The van der Waals surface area contributed by atoms with Crippen molar-refractivity contribution in [2.24, 2.45) is 16.1 Å². The Balaban J connectivity index is 1.56. The number of nitrogens with zero attached hydrogens (tertiary/aromatic N) is 7. The van der Waals surface area contributed by atoms with Gasteiger partial charge in [-0.05, 0) is 36.6 Å². The maximum Gasteiger partial charge on any atom is 0.394 e. The van der Waals surface area contributed by atoms with Crippen molar-refractivity contribution < 1.29 is 35.5 Å². The number of carbonyl (C=O) groups is 1. The first-order valence-electron chi connectivity index (χ1n) is 13.6. The summed E-state index contributed by atoms with van der Waals surface area (Å²) in [6.07, 6.45) is -2.60. The molecule has 0 saturated heterocycles. The van der Waals surface area contributed by atoms with Gasteiger partial charge in [-0.3, -0.25) is 14.3 Å². The minimum absolute atomic E-state index is 0.0555. The van der Waals surface area contributed by atoms with E-state index in [4.69, 9.17) is 17.3 Å². The molecule has 1 aliphatic heterocycles. The first-order valence-corrected chi connectivity index (χ1v) is 14.0. The van der Waals surface area contributed by atoms with Crippen LogP contribution < -0.4 is 5.73 Å². The highest BCUT2D eigenvalue weighted by atomic mass is 35.5. The third-order valence-corrected chi connectivity index (χ3v) is 8.26. The first kappa shape index (κ1) is 32.9. The van der Waals surface area contributed by atoms with E-state index in [9.17, 15) is 35.5 Å². The molecule has 4 aromatic rings. The molecule has 1 amide bonds. The number of carbonyl (C=O) groups excluding carboxylic acids is 1. The summed E-state index contributed by atoms with van der Waals surface area (Å²) in [6, 6.07) is 8.99. The average Bonchev–Trinajstić information content (AvgIpc) is 3.72. The van der Waals surface area contributed by atoms with Crippen LogP contribution in [-0.2, 0) is 10.3 Å². The number of amides is 1. The summed E-state index contributed by atoms with van der Waals surface area (Å²) < 4.78 is 96.8. The maximum atomic E-state index is 14.3. The molecule has 5 rings (SSSR count). The molecular weight excluding hydrogens is 645 g/mol. The predicted octanol–water partition coefficient (Wildman–Crippen LogP) is 7.34. The fourth-order valence-electron chi connectivity index (χ4n) is 5.34. The highest BCUT2D eigenvalue weighted by Gasteiger charge is 2.58. The van der Waals surface area contributed by atoms with Gasteiger partial charge in [0.05, 0.1) is 28.5 Å². The third-order valence-electron chi connectivity index (χ3n) is 7.93. The highest BCUT2D eigenvalue weighted by Crippen LogP contribution is 2.50. The highest BCUT2D eigenvalue weighted by molar-refractivity contribution is 6.33. The molecule has 0 radical (unpaired) electrons. The van der Waals surface area contributed by atoms with Crippen LogP contribution in [0.1, 0.15) is 57.5 Å². The zero-order valence-corrected chi connectivity index (χ0v) is 25.1. The Morgan fingerprint density at radius 1 is 1.00 bits per heavy atom. The summed E-state index contributed by atoms with van der Waals surface area (Å²) in [5.74, 6) is -1.48. The van der Waals surface area contributed by atoms with E-state index in [-0.39, 0.29) is 33.6 Å². The van der Waals surface area contributed by atoms with Gasteiger partial charge in [-0.1, -0.05) is 55.8 Å². The summed E-state index contributed by atoms with van der Waals surface area (Å²) in [5, 5.41) is 3.57. The number of hydrogen-bond acceptors (Lipinski definition) is 6. The summed E-state index contributed by atoms with van der Waals surface area (Å²) in [7, 11) is 0. The van der Waals surface area contributed by atoms with Crippen LogP contribution in [0.4, 0.5) is 30.7 Å². The van der Waals surface area contributed by atoms with Gasteiger partial charge in [-0.25, -0.2) is 15.0 Å². The molecule has 3 heterocycles. The van der Waals surface area contributed by atoms with Crippen molar-refractivity contribution in [3.8, 4) is 22.6 Å². The van der Waals surface area contributed by atoms with Crippen LogP contribution in [0.2, 0.25) is 5.02 Å². The number of benzene rings is 2. The Bertz CT molecular complexity index is 1780. The first-order chi connectivity index (χ1) is 21.5. The fourth-order valence-corrected chi connectivity index (χ4v) is 5.54. The number of alkyl halides is 7. The molecule has 0 spiro atoms. The molecule has 0 unspecified atom stereocenters. The van der Waals surface area contributed by atoms with Crippen LogP contribution in [0, 0.1) is 5.41 Å². The van der Waals surface area contributed by atoms with Crippen molar-refractivity contribution in [1.29, 1.82) is 0 Å². The van der Waals surface area contributed by atoms with Gasteiger partial charge in [0.25, 0.3) is 5.91 Å². The van der Waals surface area contributed by atoms with Crippen molar-refractivity contribution in [3.05, 3.63) is 77.5 Å². The van der Waals surface area contributed by atoms with Gasteiger partial charge in [-0.2, -0.15) is 40.5 Å². The number of rotatable bonds is 9. The summed E-state index contributed by atoms with van der Waals surface area (Å²) in [4.78, 5) is 27.5. The van der Waals surface area contributed by atoms with Crippen LogP contribution in [0.25, 0.3) is 22.6 Å². The number of hydrogen-bond donors (Lipinski definition) is 1. The van der Waals surface area contributed by atoms with Gasteiger partial charge in [0.2, 0.25) is 0 Å². The number of aromatic nitrogens is 5. The lowest BCUT2D eigenvalue weighted by molar-refractivity contribution is -0.218. The van der Waals surface area contributed by atoms with Crippen LogP contribution in [0.15, 0.2) is 66.3 Å². The Kier molecular flexibility index (Phi) is 8.38. The third kappa shape index (κ3) is 5.69. The van der Waals surface area contributed by atoms with Gasteiger partial charge in [0, 0.05) is 17.3 Å². The second-order valence-corrected chi connectivity index (χ2v) is 11.8. The van der Waals surface area contributed by atoms with Crippen LogP contribution >= 0.6 is 11.6 Å². The molecule has 0 saturated carbocycles. The molecule has 1 aliphatic rings. The van der Waals surface area contributed by atoms with Gasteiger partial charge in [0.15, 0.2) is 17.3 Å². The SMILES string of the molecule is C[C@@H](c1ccc(Cl)c(-c2ncnn2C(F)F)c1)N1C(=O)[C@@](CC(C)(C)C(F)(F)F)(c2ccc(-c3cn(C(F)F)cn3)cc2)N=C1N. The normalized spacial score (nSPS) is 18.2. The minimum atomic E-state index is -4.74. The molecular formula is C29H26ClF7N8O. The van der Waals surface area contributed by atoms with E-state index in [2.05, 4.69) is 20.1 Å². The number of guanidine groups is 1. The lowest BCUT2D eigenvalue weighted by Crippen LogP contribution is -2.47. The Labute approximate surface area is 262 Å². The number of halogens is 8. The summed E-state index contributed by atoms with van der Waals surface area (Å²) in [6.45, 7) is -2.43. The van der Waals surface area contributed by atoms with E-state index in [1.165, 1.54) is 42.5 Å². The topological polar surface area (TPSA) is 107 Å². The Morgan fingerprint density at radius 3 is 2.26 bits per heavy atom. The van der Waals surface area contributed by atoms with E-state index >= 15 is 0 Å². The summed E-state index contributed by atoms with van der Waals surface area (Å²) in [5.41, 5.74) is 2.73. The molecule has 9 nitrogen and oxygen atoms in total. The Hall–Kier alpha value is -4.47. The molecule has 2 aromatic heterocycles. The van der Waals surface area contributed by atoms with E-state index in [0.29, 0.717) is 20.4 Å². The molecule has 17 heteroatoms. The summed E-state index contributed by atoms with van der Waals surface area (Å²) >= 11 is 6.30. The molecule has 2 atom stereocenters. The van der Waals surface area contributed by atoms with Crippen molar-refractivity contribution in [3.63, 3.8) is 0 Å².